The summed E-state index contributed by atoms with van der Waals surface area (Å²) in [5.74, 6) is 0.675. The summed E-state index contributed by atoms with van der Waals surface area (Å²) >= 11 is 6.45. The molecular formula is C26H32ClN9O. The van der Waals surface area contributed by atoms with Crippen LogP contribution in [0.2, 0.25) is 5.02 Å². The first-order valence-electron chi connectivity index (χ1n) is 12.6. The third kappa shape index (κ3) is 6.13. The number of piperazine rings is 1. The number of nitrogens with two attached hydrogens (primary N) is 1. The highest BCUT2D eigenvalue weighted by molar-refractivity contribution is 6.32. The zero-order valence-electron chi connectivity index (χ0n) is 21.0. The molecule has 2 saturated heterocycles. The minimum Gasteiger partial charge on any atom is -0.369 e. The van der Waals surface area contributed by atoms with Crippen molar-refractivity contribution < 1.29 is 4.79 Å². The lowest BCUT2D eigenvalue weighted by atomic mass is 10.1. The van der Waals surface area contributed by atoms with Crippen LogP contribution in [0.5, 0.6) is 0 Å². The predicted molar refractivity (Wildman–Crippen MR) is 145 cm³/mol. The highest BCUT2D eigenvalue weighted by Gasteiger charge is 2.37. The molecule has 3 heterocycles. The van der Waals surface area contributed by atoms with E-state index in [-0.39, 0.29) is 17.5 Å². The van der Waals surface area contributed by atoms with Gasteiger partial charge >= 0.3 is 0 Å². The van der Waals surface area contributed by atoms with Gasteiger partial charge in [0, 0.05) is 62.2 Å². The van der Waals surface area contributed by atoms with E-state index in [9.17, 15) is 10.1 Å². The average molecular weight is 522 g/mol. The fourth-order valence-electron chi connectivity index (χ4n) is 4.65. The molecule has 3 fully saturated rings. The van der Waals surface area contributed by atoms with Crippen LogP contribution in [-0.4, -0.2) is 78.7 Å². The van der Waals surface area contributed by atoms with Gasteiger partial charge in [-0.25, -0.2) is 4.98 Å². The number of benzene rings is 1. The van der Waals surface area contributed by atoms with E-state index in [1.807, 2.05) is 23.1 Å². The number of aromatic nitrogens is 2. The first-order valence-corrected chi connectivity index (χ1v) is 13.0. The molecule has 2 aromatic rings. The maximum absolute atomic E-state index is 12.6. The number of hydrogen-bond acceptors (Lipinski definition) is 9. The van der Waals surface area contributed by atoms with Crippen LogP contribution < -0.4 is 26.2 Å². The average Bonchev–Trinajstić information content (AvgIpc) is 3.45. The van der Waals surface area contributed by atoms with E-state index in [0.29, 0.717) is 29.9 Å². The Labute approximate surface area is 222 Å². The van der Waals surface area contributed by atoms with Crippen molar-refractivity contribution in [3.63, 3.8) is 0 Å². The lowest BCUT2D eigenvalue weighted by molar-refractivity contribution is -0.117. The first kappa shape index (κ1) is 25.3. The van der Waals surface area contributed by atoms with Crippen LogP contribution in [0.25, 0.3) is 0 Å². The molecule has 3 aliphatic rings. The van der Waals surface area contributed by atoms with Gasteiger partial charge in [-0.15, -0.1) is 0 Å². The van der Waals surface area contributed by atoms with Gasteiger partial charge < -0.3 is 31.1 Å². The number of nitrogens with zero attached hydrogens (tertiary/aromatic N) is 6. The largest absolute Gasteiger partial charge is 0.369 e. The van der Waals surface area contributed by atoms with Crippen molar-refractivity contribution in [2.24, 2.45) is 5.73 Å². The van der Waals surface area contributed by atoms with E-state index < -0.39 is 5.54 Å². The first-order chi connectivity index (χ1) is 17.8. The van der Waals surface area contributed by atoms with Gasteiger partial charge in [0.05, 0.1) is 6.20 Å². The van der Waals surface area contributed by atoms with Gasteiger partial charge in [-0.2, -0.15) is 10.2 Å². The Morgan fingerprint density at radius 3 is 2.59 bits per heavy atom. The Balaban J connectivity index is 1.20. The zero-order valence-corrected chi connectivity index (χ0v) is 21.7. The quantitative estimate of drug-likeness (QED) is 0.371. The summed E-state index contributed by atoms with van der Waals surface area (Å²) in [6.45, 7) is 5.37. The lowest BCUT2D eigenvalue weighted by Crippen LogP contribution is -2.44. The maximum atomic E-state index is 12.6. The van der Waals surface area contributed by atoms with E-state index >= 15 is 0 Å². The fraction of sp³-hybridized carbons (Fsp3) is 0.462. The van der Waals surface area contributed by atoms with Crippen LogP contribution >= 0.6 is 11.6 Å². The number of nitrogens with one attached hydrogen (secondary N) is 2. The van der Waals surface area contributed by atoms with Crippen molar-refractivity contribution in [3.8, 4) is 6.07 Å². The fourth-order valence-corrected chi connectivity index (χ4v) is 4.86. The number of amides is 1. The minimum atomic E-state index is -0.507. The topological polar surface area (TPSA) is 126 Å². The summed E-state index contributed by atoms with van der Waals surface area (Å²) in [7, 11) is 2.15. The lowest BCUT2D eigenvalue weighted by Gasteiger charge is -2.34. The van der Waals surface area contributed by atoms with Crippen molar-refractivity contribution >= 4 is 40.6 Å². The normalized spacial score (nSPS) is 21.5. The number of hydrogen-bond donors (Lipinski definition) is 3. The summed E-state index contributed by atoms with van der Waals surface area (Å²) in [4.78, 5) is 28.4. The Morgan fingerprint density at radius 1 is 1.19 bits per heavy atom. The number of likely N-dealkylation sites (N-methyl/N-ethyl adjacent to an activating group) is 1. The smallest absolute Gasteiger partial charge is 0.261 e. The Morgan fingerprint density at radius 2 is 1.92 bits per heavy atom. The number of halogens is 1. The monoisotopic (exact) mass is 521 g/mol. The molecule has 1 aromatic carbocycles. The van der Waals surface area contributed by atoms with Crippen molar-refractivity contribution in [3.05, 3.63) is 47.1 Å². The highest BCUT2D eigenvalue weighted by atomic mass is 35.5. The molecule has 1 atom stereocenters. The molecule has 2 aliphatic heterocycles. The van der Waals surface area contributed by atoms with Gasteiger partial charge in [-0.05, 0) is 56.7 Å². The molecule has 37 heavy (non-hydrogen) atoms. The molecule has 11 heteroatoms. The molecular weight excluding hydrogens is 490 g/mol. The second kappa shape index (κ2) is 10.5. The van der Waals surface area contributed by atoms with Gasteiger partial charge in [0.1, 0.15) is 16.7 Å². The molecule has 1 saturated carbocycles. The second-order valence-corrected chi connectivity index (χ2v) is 10.5. The van der Waals surface area contributed by atoms with Gasteiger partial charge in [-0.3, -0.25) is 4.79 Å². The third-order valence-electron chi connectivity index (χ3n) is 7.16. The van der Waals surface area contributed by atoms with Gasteiger partial charge in [0.25, 0.3) is 5.91 Å². The molecule has 4 N–H and O–H groups in total. The summed E-state index contributed by atoms with van der Waals surface area (Å²) in [6.07, 6.45) is 5.49. The molecule has 0 bridgehead atoms. The summed E-state index contributed by atoms with van der Waals surface area (Å²) in [5, 5.41) is 16.0. The van der Waals surface area contributed by atoms with Gasteiger partial charge in [0.2, 0.25) is 5.95 Å². The van der Waals surface area contributed by atoms with Crippen LogP contribution in [0, 0.1) is 11.3 Å². The number of anilines is 4. The Hall–Kier alpha value is -3.39. The predicted octanol–water partition coefficient (Wildman–Crippen LogP) is 2.26. The number of carbonyl (C=O) groups excluding carboxylic acids is 1. The SMILES string of the molecule is CN1CCN(c2ccc(Nc3ncc(Cl)c(N4CC[C@@H](NC(=O)/C(C#N)=C/C5(N)CC5)C4)n3)cc2)CC1. The van der Waals surface area contributed by atoms with E-state index in [2.05, 4.69) is 49.6 Å². The van der Waals surface area contributed by atoms with Crippen molar-refractivity contribution in [2.75, 3.05) is 61.4 Å². The third-order valence-corrected chi connectivity index (χ3v) is 7.43. The van der Waals surface area contributed by atoms with Crippen LogP contribution in [-0.2, 0) is 4.79 Å². The summed E-state index contributed by atoms with van der Waals surface area (Å²) < 4.78 is 0. The highest BCUT2D eigenvalue weighted by Crippen LogP contribution is 2.34. The van der Waals surface area contributed by atoms with Gasteiger partial charge in [-0.1, -0.05) is 11.6 Å². The second-order valence-electron chi connectivity index (χ2n) is 10.1. The van der Waals surface area contributed by atoms with Crippen molar-refractivity contribution in [1.29, 1.82) is 5.26 Å². The summed E-state index contributed by atoms with van der Waals surface area (Å²) in [5.41, 5.74) is 7.70. The van der Waals surface area contributed by atoms with Crippen LogP contribution in [0.4, 0.5) is 23.1 Å². The molecule has 194 valence electrons. The Bertz CT molecular complexity index is 1210. The van der Waals surface area contributed by atoms with Crippen LogP contribution in [0.15, 0.2) is 42.1 Å². The molecule has 1 aliphatic carbocycles. The standard InChI is InChI=1S/C26H32ClN9O/c1-34-10-12-35(13-11-34)21-4-2-19(3-5-21)32-25-30-16-22(27)23(33-25)36-9-6-20(17-36)31-24(37)18(15-28)14-26(29)7-8-26/h2-5,14,16,20H,6-13,17,29H2,1H3,(H,31,37)(H,30,32,33)/b18-14+/t20-/m1/s1. The molecule has 1 amide bonds. The van der Waals surface area contributed by atoms with E-state index in [4.69, 9.17) is 17.3 Å². The number of nitriles is 1. The minimum absolute atomic E-state index is 0.0728. The van der Waals surface area contributed by atoms with Crippen molar-refractivity contribution in [1.82, 2.24) is 20.2 Å². The van der Waals surface area contributed by atoms with E-state index in [0.717, 1.165) is 51.1 Å². The Kier molecular flexibility index (Phi) is 7.20. The van der Waals surface area contributed by atoms with E-state index in [1.54, 1.807) is 12.3 Å². The molecule has 10 nitrogen and oxygen atoms in total. The molecule has 1 aromatic heterocycles. The summed E-state index contributed by atoms with van der Waals surface area (Å²) in [6, 6.07) is 10.1. The van der Waals surface area contributed by atoms with Gasteiger partial charge in [0.15, 0.2) is 5.82 Å². The van der Waals surface area contributed by atoms with Crippen LogP contribution in [0.1, 0.15) is 19.3 Å². The van der Waals surface area contributed by atoms with Crippen LogP contribution in [0.3, 0.4) is 0 Å². The molecule has 5 rings (SSSR count). The molecule has 0 unspecified atom stereocenters. The number of carbonyl (C=O) groups is 1. The molecule has 0 radical (unpaired) electrons. The van der Waals surface area contributed by atoms with Crippen molar-refractivity contribution in [2.45, 2.75) is 30.8 Å². The molecule has 0 spiro atoms. The van der Waals surface area contributed by atoms with E-state index in [1.165, 1.54) is 5.69 Å². The maximum Gasteiger partial charge on any atom is 0.261 e. The zero-order chi connectivity index (χ0) is 26.0. The number of rotatable bonds is 7.